The Morgan fingerprint density at radius 1 is 0.846 bits per heavy atom. The Morgan fingerprint density at radius 2 is 1.42 bits per heavy atom. The lowest BCUT2D eigenvalue weighted by Crippen LogP contribution is -2.38. The van der Waals surface area contributed by atoms with E-state index in [1.807, 2.05) is 48.5 Å². The van der Waals surface area contributed by atoms with Gasteiger partial charge < -0.3 is 10.2 Å². The van der Waals surface area contributed by atoms with Crippen molar-refractivity contribution in [2.24, 2.45) is 0 Å². The Kier molecular flexibility index (Phi) is 8.40. The summed E-state index contributed by atoms with van der Waals surface area (Å²) in [7, 11) is 0. The molecule has 2 aromatic carbocycles. The molecule has 0 aliphatic heterocycles. The van der Waals surface area contributed by atoms with Crippen LogP contribution in [0.5, 0.6) is 0 Å². The molecule has 2 aromatic rings. The number of carbonyl (C=O) groups is 2. The molecule has 0 bridgehead atoms. The molecule has 0 spiro atoms. The van der Waals surface area contributed by atoms with E-state index in [0.717, 1.165) is 24.8 Å². The van der Waals surface area contributed by atoms with Gasteiger partial charge in [0.05, 0.1) is 0 Å². The number of amides is 2. The first kappa shape index (κ1) is 19.7. The van der Waals surface area contributed by atoms with Gasteiger partial charge in [-0.2, -0.15) is 0 Å². The standard InChI is InChI=1S/C22H28N2O2/c1-19(25)24(17-8-13-20-9-4-2-5-10-20)18-16-23-22(26)15-14-21-11-6-3-7-12-21/h2-7,9-12H,8,13-18H2,1H3,(H,23,26). The summed E-state index contributed by atoms with van der Waals surface area (Å²) in [4.78, 5) is 25.5. The Morgan fingerprint density at radius 3 is 2.00 bits per heavy atom. The molecule has 26 heavy (non-hydrogen) atoms. The summed E-state index contributed by atoms with van der Waals surface area (Å²) in [6.07, 6.45) is 3.08. The van der Waals surface area contributed by atoms with E-state index in [9.17, 15) is 9.59 Å². The summed E-state index contributed by atoms with van der Waals surface area (Å²) in [5.74, 6) is 0.0817. The fourth-order valence-electron chi connectivity index (χ4n) is 2.87. The Bertz CT molecular complexity index is 671. The van der Waals surface area contributed by atoms with Crippen LogP contribution in [-0.2, 0) is 22.4 Å². The number of hydrogen-bond donors (Lipinski definition) is 1. The highest BCUT2D eigenvalue weighted by molar-refractivity contribution is 5.76. The maximum atomic E-state index is 12.0. The first-order valence-corrected chi connectivity index (χ1v) is 9.25. The van der Waals surface area contributed by atoms with Crippen molar-refractivity contribution in [1.82, 2.24) is 10.2 Å². The van der Waals surface area contributed by atoms with Crippen molar-refractivity contribution >= 4 is 11.8 Å². The molecule has 4 nitrogen and oxygen atoms in total. The van der Waals surface area contributed by atoms with E-state index in [0.29, 0.717) is 26.1 Å². The molecule has 1 N–H and O–H groups in total. The van der Waals surface area contributed by atoms with Gasteiger partial charge in [-0.05, 0) is 30.4 Å². The van der Waals surface area contributed by atoms with Crippen molar-refractivity contribution < 1.29 is 9.59 Å². The fraction of sp³-hybridized carbons (Fsp3) is 0.364. The third kappa shape index (κ3) is 7.51. The summed E-state index contributed by atoms with van der Waals surface area (Å²) < 4.78 is 0. The molecule has 2 amide bonds. The third-order valence-electron chi connectivity index (χ3n) is 4.37. The zero-order chi connectivity index (χ0) is 18.6. The van der Waals surface area contributed by atoms with E-state index in [2.05, 4.69) is 17.4 Å². The smallest absolute Gasteiger partial charge is 0.220 e. The first-order chi connectivity index (χ1) is 12.6. The normalized spacial score (nSPS) is 10.3. The number of carbonyl (C=O) groups excluding carboxylic acids is 2. The van der Waals surface area contributed by atoms with E-state index in [1.165, 1.54) is 5.56 Å². The Labute approximate surface area is 156 Å². The third-order valence-corrected chi connectivity index (χ3v) is 4.37. The molecular formula is C22H28N2O2. The molecule has 4 heteroatoms. The molecule has 0 aliphatic rings. The van der Waals surface area contributed by atoms with Crippen LogP contribution in [0.1, 0.15) is 30.9 Å². The van der Waals surface area contributed by atoms with Crippen LogP contribution >= 0.6 is 0 Å². The Balaban J connectivity index is 1.64. The molecule has 2 rings (SSSR count). The van der Waals surface area contributed by atoms with Gasteiger partial charge in [-0.15, -0.1) is 0 Å². The van der Waals surface area contributed by atoms with Gasteiger partial charge in [-0.3, -0.25) is 9.59 Å². The summed E-state index contributed by atoms with van der Waals surface area (Å²) in [6.45, 7) is 3.35. The maximum Gasteiger partial charge on any atom is 0.220 e. The lowest BCUT2D eigenvalue weighted by molar-refractivity contribution is -0.129. The summed E-state index contributed by atoms with van der Waals surface area (Å²) in [6, 6.07) is 20.3. The molecule has 138 valence electrons. The van der Waals surface area contributed by atoms with Crippen molar-refractivity contribution in [2.75, 3.05) is 19.6 Å². The second kappa shape index (κ2) is 11.1. The van der Waals surface area contributed by atoms with Crippen LogP contribution in [-0.4, -0.2) is 36.3 Å². The predicted molar refractivity (Wildman–Crippen MR) is 105 cm³/mol. The zero-order valence-corrected chi connectivity index (χ0v) is 15.5. The Hall–Kier alpha value is -2.62. The molecule has 0 saturated carbocycles. The molecule has 0 heterocycles. The predicted octanol–water partition coefficient (Wildman–Crippen LogP) is 3.22. The molecule has 0 unspecified atom stereocenters. The van der Waals surface area contributed by atoms with Crippen LogP contribution in [0.3, 0.4) is 0 Å². The van der Waals surface area contributed by atoms with Gasteiger partial charge in [-0.25, -0.2) is 0 Å². The van der Waals surface area contributed by atoms with Gasteiger partial charge in [0.25, 0.3) is 0 Å². The van der Waals surface area contributed by atoms with E-state index < -0.39 is 0 Å². The zero-order valence-electron chi connectivity index (χ0n) is 15.5. The van der Waals surface area contributed by atoms with Crippen LogP contribution < -0.4 is 5.32 Å². The molecule has 0 aliphatic carbocycles. The van der Waals surface area contributed by atoms with Gasteiger partial charge >= 0.3 is 0 Å². The number of benzene rings is 2. The second-order valence-corrected chi connectivity index (χ2v) is 6.43. The number of rotatable bonds is 10. The minimum absolute atomic E-state index is 0.0293. The quantitative estimate of drug-likeness (QED) is 0.714. The highest BCUT2D eigenvalue weighted by atomic mass is 16.2. The van der Waals surface area contributed by atoms with Gasteiger partial charge in [0, 0.05) is 33.0 Å². The largest absolute Gasteiger partial charge is 0.354 e. The first-order valence-electron chi connectivity index (χ1n) is 9.25. The van der Waals surface area contributed by atoms with Crippen LogP contribution in [0, 0.1) is 0 Å². The van der Waals surface area contributed by atoms with Crippen LogP contribution in [0.25, 0.3) is 0 Å². The van der Waals surface area contributed by atoms with Gasteiger partial charge in [0.2, 0.25) is 11.8 Å². The van der Waals surface area contributed by atoms with Gasteiger partial charge in [-0.1, -0.05) is 60.7 Å². The van der Waals surface area contributed by atoms with Crippen molar-refractivity contribution in [3.8, 4) is 0 Å². The molecule has 0 fully saturated rings. The maximum absolute atomic E-state index is 12.0. The monoisotopic (exact) mass is 352 g/mol. The lowest BCUT2D eigenvalue weighted by atomic mass is 10.1. The van der Waals surface area contributed by atoms with Crippen LogP contribution in [0.2, 0.25) is 0 Å². The average molecular weight is 352 g/mol. The van der Waals surface area contributed by atoms with Crippen molar-refractivity contribution in [3.63, 3.8) is 0 Å². The van der Waals surface area contributed by atoms with E-state index in [-0.39, 0.29) is 11.8 Å². The molecular weight excluding hydrogens is 324 g/mol. The highest BCUT2D eigenvalue weighted by Gasteiger charge is 2.09. The molecule has 0 saturated heterocycles. The van der Waals surface area contributed by atoms with Crippen molar-refractivity contribution in [2.45, 2.75) is 32.6 Å². The van der Waals surface area contributed by atoms with E-state index >= 15 is 0 Å². The molecule has 0 radical (unpaired) electrons. The minimum Gasteiger partial charge on any atom is -0.354 e. The topological polar surface area (TPSA) is 49.4 Å². The van der Waals surface area contributed by atoms with E-state index in [1.54, 1.807) is 11.8 Å². The van der Waals surface area contributed by atoms with Gasteiger partial charge in [0.15, 0.2) is 0 Å². The number of aryl methyl sites for hydroxylation is 2. The number of hydrogen-bond acceptors (Lipinski definition) is 2. The van der Waals surface area contributed by atoms with Crippen molar-refractivity contribution in [3.05, 3.63) is 71.8 Å². The van der Waals surface area contributed by atoms with E-state index in [4.69, 9.17) is 0 Å². The SMILES string of the molecule is CC(=O)N(CCCc1ccccc1)CCNC(=O)CCc1ccccc1. The molecule has 0 atom stereocenters. The second-order valence-electron chi connectivity index (χ2n) is 6.43. The summed E-state index contributed by atoms with van der Waals surface area (Å²) >= 11 is 0. The summed E-state index contributed by atoms with van der Waals surface area (Å²) in [5, 5.41) is 2.91. The van der Waals surface area contributed by atoms with Gasteiger partial charge in [0.1, 0.15) is 0 Å². The number of nitrogens with zero attached hydrogens (tertiary/aromatic N) is 1. The van der Waals surface area contributed by atoms with Crippen LogP contribution in [0.15, 0.2) is 60.7 Å². The average Bonchev–Trinajstić information content (AvgIpc) is 2.66. The van der Waals surface area contributed by atoms with Crippen molar-refractivity contribution in [1.29, 1.82) is 0 Å². The number of nitrogens with one attached hydrogen (secondary N) is 1. The highest BCUT2D eigenvalue weighted by Crippen LogP contribution is 2.04. The lowest BCUT2D eigenvalue weighted by Gasteiger charge is -2.21. The fourth-order valence-corrected chi connectivity index (χ4v) is 2.87. The van der Waals surface area contributed by atoms with Crippen LogP contribution in [0.4, 0.5) is 0 Å². The minimum atomic E-state index is 0.0293. The molecule has 0 aromatic heterocycles. The summed E-state index contributed by atoms with van der Waals surface area (Å²) in [5.41, 5.74) is 2.44.